The minimum absolute atomic E-state index is 0.0228. The van der Waals surface area contributed by atoms with Crippen LogP contribution >= 0.6 is 23.2 Å². The number of nitrogens with zero attached hydrogens (tertiary/aromatic N) is 4. The van der Waals surface area contributed by atoms with Crippen LogP contribution in [0.15, 0.2) is 72.9 Å². The number of imidazole rings is 1. The van der Waals surface area contributed by atoms with Gasteiger partial charge in [0, 0.05) is 65.6 Å². The third-order valence-corrected chi connectivity index (χ3v) is 13.2. The lowest BCUT2D eigenvalue weighted by molar-refractivity contribution is -0.148. The van der Waals surface area contributed by atoms with E-state index in [0.717, 1.165) is 35.5 Å². The number of hydrogen-bond acceptors (Lipinski definition) is 8. The van der Waals surface area contributed by atoms with E-state index in [-0.39, 0.29) is 49.1 Å². The lowest BCUT2D eigenvalue weighted by Crippen LogP contribution is -2.63. The number of hydrogen-bond donors (Lipinski definition) is 3. The van der Waals surface area contributed by atoms with E-state index in [1.54, 1.807) is 37.3 Å². The van der Waals surface area contributed by atoms with Gasteiger partial charge in [0.05, 0.1) is 49.1 Å². The minimum Gasteiger partial charge on any atom is -0.457 e. The van der Waals surface area contributed by atoms with E-state index in [4.69, 9.17) is 27.9 Å². The van der Waals surface area contributed by atoms with Gasteiger partial charge in [-0.3, -0.25) is 19.2 Å². The van der Waals surface area contributed by atoms with Crippen LogP contribution in [0.2, 0.25) is 10.0 Å². The Balaban J connectivity index is 1.15. The molecule has 3 aliphatic rings. The van der Waals surface area contributed by atoms with E-state index in [0.29, 0.717) is 71.8 Å². The summed E-state index contributed by atoms with van der Waals surface area (Å²) in [7, 11) is 1.99. The quantitative estimate of drug-likeness (QED) is 0.130. The lowest BCUT2D eigenvalue weighted by atomic mass is 9.81. The SMILES string of the molecule is C[C@H]1C(=O)C[C@@H](CO)C(=O)N[C@@]2(Cc3ccc(Cl)cc3)CCCN(C2)C(=O)[C@H](CC2CC2)CC(=O)N1Cc1ccc(Cl)cc1Oc1ccc(-c2cnc(CNC(C)(C)C)n2C)cc1. The molecule has 2 aliphatic heterocycles. The van der Waals surface area contributed by atoms with Crippen LogP contribution in [-0.2, 0) is 45.7 Å². The van der Waals surface area contributed by atoms with Gasteiger partial charge < -0.3 is 34.8 Å². The number of aromatic nitrogens is 2. The van der Waals surface area contributed by atoms with Crippen LogP contribution in [-0.4, -0.2) is 84.8 Å². The van der Waals surface area contributed by atoms with Gasteiger partial charge in [-0.2, -0.15) is 0 Å². The molecule has 3 heterocycles. The highest BCUT2D eigenvalue weighted by Gasteiger charge is 2.44. The van der Waals surface area contributed by atoms with Gasteiger partial charge in [-0.25, -0.2) is 4.98 Å². The molecule has 336 valence electrons. The molecule has 4 aromatic rings. The Bertz CT molecular complexity index is 2290. The maximum absolute atomic E-state index is 14.7. The Morgan fingerprint density at radius 2 is 1.67 bits per heavy atom. The number of Topliss-reactive ketones (excluding diaryl/α,β-unsaturated/α-hetero) is 1. The number of carbonyl (C=O) groups is 4. The molecule has 0 unspecified atom stereocenters. The zero-order valence-corrected chi connectivity index (χ0v) is 38.5. The molecular formula is C49H60Cl2N6O6. The molecule has 4 atom stereocenters. The van der Waals surface area contributed by atoms with Gasteiger partial charge in [0.25, 0.3) is 0 Å². The van der Waals surface area contributed by atoms with Crippen molar-refractivity contribution in [1.82, 2.24) is 30.0 Å². The van der Waals surface area contributed by atoms with E-state index >= 15 is 0 Å². The molecule has 1 aromatic heterocycles. The van der Waals surface area contributed by atoms with Crippen LogP contribution < -0.4 is 15.4 Å². The summed E-state index contributed by atoms with van der Waals surface area (Å²) in [6.07, 6.45) is 5.74. The average Bonchev–Trinajstić information content (AvgIpc) is 3.99. The van der Waals surface area contributed by atoms with Crippen LogP contribution in [0.25, 0.3) is 11.3 Å². The minimum atomic E-state index is -1.06. The normalized spacial score (nSPS) is 22.8. The number of nitrogens with one attached hydrogen (secondary N) is 2. The van der Waals surface area contributed by atoms with Crippen LogP contribution in [0.3, 0.4) is 0 Å². The van der Waals surface area contributed by atoms with E-state index in [1.165, 1.54) is 4.90 Å². The van der Waals surface area contributed by atoms with Crippen molar-refractivity contribution < 1.29 is 29.0 Å². The molecule has 63 heavy (non-hydrogen) atoms. The fraction of sp³-hybridized carbons (Fsp3) is 0.490. The molecule has 3 fully saturated rings. The fourth-order valence-electron chi connectivity index (χ4n) is 8.83. The van der Waals surface area contributed by atoms with Gasteiger partial charge in [0.1, 0.15) is 17.3 Å². The zero-order chi connectivity index (χ0) is 45.1. The molecule has 1 saturated carbocycles. The standard InChI is InChI=1S/C49H60Cl2N6O6/c1-31-42(59)22-37(29-58)46(61)54-49(25-33-9-14-38(50)15-10-33)19-6-20-56(30-49)47(62)36(21-32-7-8-32)23-45(60)57(31)28-35-11-16-39(51)24-43(35)63-40-17-12-34(13-18-40)41-26-52-44(55(41)5)27-53-48(2,3)4/h9-18,24,26,31-32,36-37,53,58H,6-8,19-23,25,27-30H2,1-5H3,(H,54,61)/t31-,36+,37-,49+/m0/s1. The number of ketones is 1. The predicted octanol–water partition coefficient (Wildman–Crippen LogP) is 7.90. The lowest BCUT2D eigenvalue weighted by Gasteiger charge is -2.45. The molecule has 3 N–H and O–H groups in total. The van der Waals surface area contributed by atoms with Crippen molar-refractivity contribution in [3.05, 3.63) is 99.9 Å². The van der Waals surface area contributed by atoms with E-state index in [1.807, 2.05) is 54.5 Å². The summed E-state index contributed by atoms with van der Waals surface area (Å²) >= 11 is 12.7. The number of ether oxygens (including phenoxy) is 1. The van der Waals surface area contributed by atoms with E-state index in [2.05, 4.69) is 41.0 Å². The number of carbonyl (C=O) groups excluding carboxylic acids is 4. The first kappa shape index (κ1) is 46.2. The summed E-state index contributed by atoms with van der Waals surface area (Å²) in [5.74, 6) is -0.778. The molecule has 0 spiro atoms. The molecule has 7 rings (SSSR count). The monoisotopic (exact) mass is 898 g/mol. The Morgan fingerprint density at radius 3 is 2.35 bits per heavy atom. The van der Waals surface area contributed by atoms with Gasteiger partial charge in [-0.1, -0.05) is 54.2 Å². The number of halogens is 2. The van der Waals surface area contributed by atoms with Crippen LogP contribution in [0.5, 0.6) is 11.5 Å². The van der Waals surface area contributed by atoms with Crippen molar-refractivity contribution in [2.24, 2.45) is 24.8 Å². The maximum Gasteiger partial charge on any atom is 0.226 e. The Labute approximate surface area is 380 Å². The third-order valence-electron chi connectivity index (χ3n) is 12.7. The van der Waals surface area contributed by atoms with Crippen molar-refractivity contribution in [3.8, 4) is 22.8 Å². The Kier molecular flexibility index (Phi) is 14.4. The highest BCUT2D eigenvalue weighted by Crippen LogP contribution is 2.39. The fourth-order valence-corrected chi connectivity index (χ4v) is 9.12. The summed E-state index contributed by atoms with van der Waals surface area (Å²) in [6.45, 7) is 8.77. The second kappa shape index (κ2) is 19.6. The number of amides is 3. The second-order valence-corrected chi connectivity index (χ2v) is 19.7. The topological polar surface area (TPSA) is 146 Å². The van der Waals surface area contributed by atoms with Crippen molar-refractivity contribution in [2.45, 2.75) is 109 Å². The van der Waals surface area contributed by atoms with Crippen molar-refractivity contribution >= 4 is 46.7 Å². The van der Waals surface area contributed by atoms with Crippen LogP contribution in [0.4, 0.5) is 0 Å². The first-order valence-electron chi connectivity index (χ1n) is 22.1. The predicted molar refractivity (Wildman–Crippen MR) is 244 cm³/mol. The molecule has 12 nitrogen and oxygen atoms in total. The zero-order valence-electron chi connectivity index (χ0n) is 37.0. The average molecular weight is 900 g/mol. The number of benzene rings is 3. The van der Waals surface area contributed by atoms with Gasteiger partial charge in [-0.05, 0) is 113 Å². The van der Waals surface area contributed by atoms with Gasteiger partial charge >= 0.3 is 0 Å². The summed E-state index contributed by atoms with van der Waals surface area (Å²) in [5, 5.41) is 18.3. The largest absolute Gasteiger partial charge is 0.457 e. The third kappa shape index (κ3) is 11.7. The number of aliphatic hydroxyl groups excluding tert-OH is 1. The number of aliphatic hydroxyl groups is 1. The molecular weight excluding hydrogens is 839 g/mol. The van der Waals surface area contributed by atoms with E-state index in [9.17, 15) is 24.3 Å². The Morgan fingerprint density at radius 1 is 0.952 bits per heavy atom. The van der Waals surface area contributed by atoms with Crippen LogP contribution in [0.1, 0.15) is 89.6 Å². The second-order valence-electron chi connectivity index (χ2n) is 18.9. The van der Waals surface area contributed by atoms with Crippen molar-refractivity contribution in [3.63, 3.8) is 0 Å². The molecule has 1 aliphatic carbocycles. The smallest absolute Gasteiger partial charge is 0.226 e. The summed E-state index contributed by atoms with van der Waals surface area (Å²) in [6, 6.07) is 19.2. The van der Waals surface area contributed by atoms with Crippen LogP contribution in [0, 0.1) is 17.8 Å². The molecule has 0 radical (unpaired) electrons. The molecule has 2 saturated heterocycles. The Hall–Kier alpha value is -4.75. The molecule has 3 amide bonds. The highest BCUT2D eigenvalue weighted by atomic mass is 35.5. The van der Waals surface area contributed by atoms with Crippen molar-refractivity contribution in [1.29, 1.82) is 0 Å². The molecule has 14 heteroatoms. The van der Waals surface area contributed by atoms with E-state index < -0.39 is 35.9 Å². The number of piperidine rings is 1. The molecule has 3 aromatic carbocycles. The molecule has 2 bridgehead atoms. The highest BCUT2D eigenvalue weighted by molar-refractivity contribution is 6.31. The summed E-state index contributed by atoms with van der Waals surface area (Å²) < 4.78 is 8.52. The first-order chi connectivity index (χ1) is 30.0. The number of rotatable bonds is 12. The van der Waals surface area contributed by atoms with Gasteiger partial charge in [0.2, 0.25) is 17.7 Å². The van der Waals surface area contributed by atoms with Gasteiger partial charge in [-0.15, -0.1) is 0 Å². The number of fused-ring (bicyclic) bond motifs is 2. The maximum atomic E-state index is 14.7. The van der Waals surface area contributed by atoms with Gasteiger partial charge in [0.15, 0.2) is 5.78 Å². The van der Waals surface area contributed by atoms with Crippen molar-refractivity contribution in [2.75, 3.05) is 19.7 Å². The summed E-state index contributed by atoms with van der Waals surface area (Å²) in [5.41, 5.74) is 2.55. The summed E-state index contributed by atoms with van der Waals surface area (Å²) in [4.78, 5) is 65.7. The first-order valence-corrected chi connectivity index (χ1v) is 22.9.